The van der Waals surface area contributed by atoms with E-state index >= 15 is 0 Å². The summed E-state index contributed by atoms with van der Waals surface area (Å²) in [6, 6.07) is 0.386. The zero-order valence-corrected chi connectivity index (χ0v) is 12.9. The number of aromatic nitrogens is 2. The lowest BCUT2D eigenvalue weighted by Crippen LogP contribution is -2.39. The Kier molecular flexibility index (Phi) is 4.67. The second kappa shape index (κ2) is 6.08. The van der Waals surface area contributed by atoms with Crippen molar-refractivity contribution in [3.05, 3.63) is 18.2 Å². The van der Waals surface area contributed by atoms with Gasteiger partial charge in [-0.05, 0) is 37.6 Å². The van der Waals surface area contributed by atoms with Gasteiger partial charge in [0.2, 0.25) is 0 Å². The molecule has 1 aromatic rings. The average Bonchev–Trinajstić information content (AvgIpc) is 2.81. The van der Waals surface area contributed by atoms with Crippen molar-refractivity contribution in [2.24, 2.45) is 11.3 Å². The van der Waals surface area contributed by atoms with Crippen LogP contribution in [0.1, 0.15) is 64.7 Å². The maximum Gasteiger partial charge on any atom is 0.126 e. The van der Waals surface area contributed by atoms with Crippen LogP contribution in [0.15, 0.2) is 12.4 Å². The van der Waals surface area contributed by atoms with Gasteiger partial charge < -0.3 is 9.88 Å². The Morgan fingerprint density at radius 3 is 2.89 bits per heavy atom. The Bertz CT molecular complexity index is 394. The summed E-state index contributed by atoms with van der Waals surface area (Å²) < 4.78 is 2.33. The lowest BCUT2D eigenvalue weighted by atomic mass is 9.65. The molecule has 1 aliphatic rings. The fourth-order valence-corrected chi connectivity index (χ4v) is 3.68. The fourth-order valence-electron chi connectivity index (χ4n) is 3.68. The van der Waals surface area contributed by atoms with Crippen LogP contribution >= 0.6 is 0 Å². The topological polar surface area (TPSA) is 29.9 Å². The molecule has 0 saturated heterocycles. The van der Waals surface area contributed by atoms with Crippen LogP contribution in [0.5, 0.6) is 0 Å². The van der Waals surface area contributed by atoms with Gasteiger partial charge in [-0.2, -0.15) is 0 Å². The number of hydrogen-bond donors (Lipinski definition) is 1. The van der Waals surface area contributed by atoms with E-state index in [4.69, 9.17) is 0 Å². The zero-order valence-electron chi connectivity index (χ0n) is 12.9. The minimum atomic E-state index is 0.386. The third-order valence-electron chi connectivity index (χ3n) is 4.79. The van der Waals surface area contributed by atoms with E-state index in [-0.39, 0.29) is 0 Å². The minimum absolute atomic E-state index is 0.386. The number of nitrogens with one attached hydrogen (secondary N) is 1. The monoisotopic (exact) mass is 263 g/mol. The van der Waals surface area contributed by atoms with Crippen LogP contribution in [0.3, 0.4) is 0 Å². The van der Waals surface area contributed by atoms with Crippen molar-refractivity contribution in [2.45, 2.75) is 65.5 Å². The standard InChI is InChI=1S/C16H29N3/c1-5-11-19-12-10-18-15(19)14(17-4)13-8-6-7-9-16(13,2)3/h10,12-14,17H,5-9,11H2,1-4H3. The Morgan fingerprint density at radius 1 is 1.47 bits per heavy atom. The Hall–Kier alpha value is -0.830. The highest BCUT2D eigenvalue weighted by molar-refractivity contribution is 5.05. The van der Waals surface area contributed by atoms with Crippen molar-refractivity contribution in [1.29, 1.82) is 0 Å². The molecule has 0 bridgehead atoms. The second-order valence-electron chi connectivity index (χ2n) is 6.59. The summed E-state index contributed by atoms with van der Waals surface area (Å²) in [4.78, 5) is 4.65. The van der Waals surface area contributed by atoms with Gasteiger partial charge in [-0.15, -0.1) is 0 Å². The highest BCUT2D eigenvalue weighted by Gasteiger charge is 2.39. The molecule has 0 amide bonds. The molecule has 3 nitrogen and oxygen atoms in total. The molecule has 0 spiro atoms. The van der Waals surface area contributed by atoms with E-state index in [0.717, 1.165) is 13.0 Å². The van der Waals surface area contributed by atoms with Gasteiger partial charge in [0.05, 0.1) is 6.04 Å². The van der Waals surface area contributed by atoms with E-state index in [1.165, 1.54) is 31.5 Å². The van der Waals surface area contributed by atoms with Gasteiger partial charge in [0.25, 0.3) is 0 Å². The van der Waals surface area contributed by atoms with Crippen LogP contribution in [-0.4, -0.2) is 16.6 Å². The predicted molar refractivity (Wildman–Crippen MR) is 80.1 cm³/mol. The molecule has 0 aromatic carbocycles. The van der Waals surface area contributed by atoms with Crippen LogP contribution in [0.4, 0.5) is 0 Å². The molecule has 1 aromatic heterocycles. The van der Waals surface area contributed by atoms with Crippen LogP contribution < -0.4 is 5.32 Å². The number of rotatable bonds is 5. The Balaban J connectivity index is 2.25. The molecule has 0 aliphatic heterocycles. The summed E-state index contributed by atoms with van der Waals surface area (Å²) in [5.74, 6) is 1.91. The van der Waals surface area contributed by atoms with Crippen molar-refractivity contribution >= 4 is 0 Å². The SMILES string of the molecule is CCCn1ccnc1C(NC)C1CCCCC1(C)C. The summed E-state index contributed by atoms with van der Waals surface area (Å²) in [5, 5.41) is 3.55. The van der Waals surface area contributed by atoms with Gasteiger partial charge in [0.1, 0.15) is 5.82 Å². The minimum Gasteiger partial charge on any atom is -0.334 e. The number of aryl methyl sites for hydroxylation is 1. The molecule has 2 rings (SSSR count). The third-order valence-corrected chi connectivity index (χ3v) is 4.79. The molecule has 3 heteroatoms. The molecule has 1 fully saturated rings. The normalized spacial score (nSPS) is 24.3. The highest BCUT2D eigenvalue weighted by atomic mass is 15.1. The number of imidazole rings is 1. The maximum absolute atomic E-state index is 4.65. The molecule has 2 unspecified atom stereocenters. The molecule has 2 atom stereocenters. The summed E-state index contributed by atoms with van der Waals surface area (Å²) in [7, 11) is 2.08. The summed E-state index contributed by atoms with van der Waals surface area (Å²) in [5.41, 5.74) is 0.412. The van der Waals surface area contributed by atoms with Crippen LogP contribution in [0.25, 0.3) is 0 Å². The first-order valence-electron chi connectivity index (χ1n) is 7.78. The van der Waals surface area contributed by atoms with Crippen molar-refractivity contribution in [2.75, 3.05) is 7.05 Å². The van der Waals surface area contributed by atoms with Crippen LogP contribution in [0.2, 0.25) is 0 Å². The second-order valence-corrected chi connectivity index (χ2v) is 6.59. The maximum atomic E-state index is 4.65. The fraction of sp³-hybridized carbons (Fsp3) is 0.812. The van der Waals surface area contributed by atoms with Gasteiger partial charge >= 0.3 is 0 Å². The van der Waals surface area contributed by atoms with E-state index < -0.39 is 0 Å². The first-order valence-corrected chi connectivity index (χ1v) is 7.78. The molecule has 1 heterocycles. The van der Waals surface area contributed by atoms with Crippen molar-refractivity contribution in [1.82, 2.24) is 14.9 Å². The molecule has 108 valence electrons. The molecule has 0 radical (unpaired) electrons. The van der Waals surface area contributed by atoms with Gasteiger partial charge in [-0.3, -0.25) is 0 Å². The largest absolute Gasteiger partial charge is 0.334 e. The zero-order chi connectivity index (χ0) is 13.9. The van der Waals surface area contributed by atoms with Crippen LogP contribution in [0, 0.1) is 11.3 Å². The van der Waals surface area contributed by atoms with E-state index in [1.54, 1.807) is 0 Å². The third kappa shape index (κ3) is 3.02. The molecule has 1 N–H and O–H groups in total. The Labute approximate surface area is 117 Å². The van der Waals surface area contributed by atoms with Crippen LogP contribution in [-0.2, 0) is 6.54 Å². The van der Waals surface area contributed by atoms with Crippen molar-refractivity contribution in [3.8, 4) is 0 Å². The molecular formula is C16H29N3. The molecule has 1 saturated carbocycles. The first-order chi connectivity index (χ1) is 9.10. The number of hydrogen-bond acceptors (Lipinski definition) is 2. The van der Waals surface area contributed by atoms with Gasteiger partial charge in [0.15, 0.2) is 0 Å². The first kappa shape index (κ1) is 14.6. The lowest BCUT2D eigenvalue weighted by Gasteiger charge is -2.43. The van der Waals surface area contributed by atoms with E-state index in [1.807, 2.05) is 6.20 Å². The molecule has 19 heavy (non-hydrogen) atoms. The summed E-state index contributed by atoms with van der Waals surface area (Å²) >= 11 is 0. The smallest absolute Gasteiger partial charge is 0.126 e. The van der Waals surface area contributed by atoms with Crippen molar-refractivity contribution < 1.29 is 0 Å². The van der Waals surface area contributed by atoms with E-state index in [2.05, 4.69) is 48.9 Å². The Morgan fingerprint density at radius 2 is 2.26 bits per heavy atom. The summed E-state index contributed by atoms with van der Waals surface area (Å²) in [6.45, 7) is 8.14. The number of nitrogens with zero attached hydrogens (tertiary/aromatic N) is 2. The van der Waals surface area contributed by atoms with E-state index in [0.29, 0.717) is 17.4 Å². The van der Waals surface area contributed by atoms with Gasteiger partial charge in [0, 0.05) is 18.9 Å². The lowest BCUT2D eigenvalue weighted by molar-refractivity contribution is 0.0965. The molecular weight excluding hydrogens is 234 g/mol. The molecule has 1 aliphatic carbocycles. The summed E-state index contributed by atoms with van der Waals surface area (Å²) in [6.07, 6.45) is 10.6. The average molecular weight is 263 g/mol. The van der Waals surface area contributed by atoms with Crippen molar-refractivity contribution in [3.63, 3.8) is 0 Å². The quantitative estimate of drug-likeness (QED) is 0.876. The van der Waals surface area contributed by atoms with Gasteiger partial charge in [-0.25, -0.2) is 4.98 Å². The predicted octanol–water partition coefficient (Wildman–Crippen LogP) is 3.77. The van der Waals surface area contributed by atoms with E-state index in [9.17, 15) is 0 Å². The van der Waals surface area contributed by atoms with Gasteiger partial charge in [-0.1, -0.05) is 33.6 Å². The highest BCUT2D eigenvalue weighted by Crippen LogP contribution is 2.46.